The second-order valence-corrected chi connectivity index (χ2v) is 8.37. The van der Waals surface area contributed by atoms with Crippen LogP contribution in [0.4, 0.5) is 10.1 Å². The maximum atomic E-state index is 14.2. The molecule has 0 aliphatic carbocycles. The highest BCUT2D eigenvalue weighted by Gasteiger charge is 2.20. The average molecular weight is 482 g/mol. The molecule has 1 atom stereocenters. The third-order valence-electron chi connectivity index (χ3n) is 5.19. The number of hydrogen-bond acceptors (Lipinski definition) is 6. The predicted molar refractivity (Wildman–Crippen MR) is 126 cm³/mol. The Bertz CT molecular complexity index is 1510. The van der Waals surface area contributed by atoms with Gasteiger partial charge in [-0.1, -0.05) is 12.1 Å². The molecule has 4 N–H and O–H groups in total. The SMILES string of the molecule is CNc1cc2[nH]c(=O)n(-c3cccc(C(=O)NC(CC(=O)O)c4cccs4)c3)c(=O)c2cc1F. The molecule has 2 heterocycles. The van der Waals surface area contributed by atoms with E-state index >= 15 is 0 Å². The highest BCUT2D eigenvalue weighted by molar-refractivity contribution is 7.10. The predicted octanol–water partition coefficient (Wildman–Crippen LogP) is 2.87. The van der Waals surface area contributed by atoms with Crippen LogP contribution in [0, 0.1) is 5.82 Å². The number of aromatic amines is 1. The Hall–Kier alpha value is -4.25. The van der Waals surface area contributed by atoms with Crippen molar-refractivity contribution < 1.29 is 19.1 Å². The molecule has 0 saturated heterocycles. The number of nitrogens with one attached hydrogen (secondary N) is 3. The molecule has 11 heteroatoms. The normalized spacial score (nSPS) is 11.8. The fourth-order valence-electron chi connectivity index (χ4n) is 3.58. The van der Waals surface area contributed by atoms with Gasteiger partial charge in [0, 0.05) is 17.5 Å². The van der Waals surface area contributed by atoms with Crippen LogP contribution in [0.3, 0.4) is 0 Å². The fraction of sp³-hybridized carbons (Fsp3) is 0.130. The Kier molecular flexibility index (Phi) is 6.28. The summed E-state index contributed by atoms with van der Waals surface area (Å²) in [4.78, 5) is 53.1. The Morgan fingerprint density at radius 1 is 1.18 bits per heavy atom. The zero-order valence-corrected chi connectivity index (χ0v) is 18.6. The van der Waals surface area contributed by atoms with E-state index in [9.17, 15) is 28.7 Å². The molecule has 0 bridgehead atoms. The number of carboxylic acids is 1. The van der Waals surface area contributed by atoms with Crippen LogP contribution in [0.1, 0.15) is 27.7 Å². The van der Waals surface area contributed by atoms with Crippen molar-refractivity contribution in [3.8, 4) is 5.69 Å². The monoisotopic (exact) mass is 482 g/mol. The smallest absolute Gasteiger partial charge is 0.333 e. The number of carbonyl (C=O) groups is 2. The average Bonchev–Trinajstić information content (AvgIpc) is 3.34. The van der Waals surface area contributed by atoms with Crippen molar-refractivity contribution >= 4 is 39.8 Å². The number of thiophene rings is 1. The topological polar surface area (TPSA) is 133 Å². The zero-order chi connectivity index (χ0) is 24.4. The van der Waals surface area contributed by atoms with Crippen LogP contribution >= 0.6 is 11.3 Å². The number of fused-ring (bicyclic) bond motifs is 1. The van der Waals surface area contributed by atoms with Crippen LogP contribution in [0.2, 0.25) is 0 Å². The fourth-order valence-corrected chi connectivity index (χ4v) is 4.36. The van der Waals surface area contributed by atoms with Crippen LogP contribution < -0.4 is 21.9 Å². The van der Waals surface area contributed by atoms with Gasteiger partial charge < -0.3 is 20.7 Å². The van der Waals surface area contributed by atoms with Gasteiger partial charge in [0.1, 0.15) is 5.82 Å². The third-order valence-corrected chi connectivity index (χ3v) is 6.18. The molecule has 0 radical (unpaired) electrons. The molecule has 34 heavy (non-hydrogen) atoms. The number of nitrogens with zero attached hydrogens (tertiary/aromatic N) is 1. The summed E-state index contributed by atoms with van der Waals surface area (Å²) in [5.74, 6) is -2.30. The van der Waals surface area contributed by atoms with E-state index in [0.29, 0.717) is 4.88 Å². The minimum Gasteiger partial charge on any atom is -0.481 e. The second-order valence-electron chi connectivity index (χ2n) is 7.39. The number of carbonyl (C=O) groups excluding carboxylic acids is 1. The van der Waals surface area contributed by atoms with E-state index in [1.54, 1.807) is 17.5 Å². The molecule has 1 unspecified atom stereocenters. The lowest BCUT2D eigenvalue weighted by Crippen LogP contribution is -2.34. The number of carboxylic acid groups (broad SMARTS) is 1. The largest absolute Gasteiger partial charge is 0.481 e. The Morgan fingerprint density at radius 3 is 2.65 bits per heavy atom. The van der Waals surface area contributed by atoms with Gasteiger partial charge in [0.05, 0.1) is 34.7 Å². The minimum absolute atomic E-state index is 0.0369. The number of hydrogen-bond donors (Lipinski definition) is 4. The molecule has 0 saturated carbocycles. The third kappa shape index (κ3) is 4.46. The van der Waals surface area contributed by atoms with Gasteiger partial charge in [-0.05, 0) is 41.8 Å². The minimum atomic E-state index is -1.07. The van der Waals surface area contributed by atoms with E-state index in [0.717, 1.165) is 10.6 Å². The summed E-state index contributed by atoms with van der Waals surface area (Å²) in [5.41, 5.74) is -0.998. The lowest BCUT2D eigenvalue weighted by molar-refractivity contribution is -0.137. The van der Waals surface area contributed by atoms with E-state index in [1.807, 2.05) is 0 Å². The van der Waals surface area contributed by atoms with Crippen molar-refractivity contribution in [2.45, 2.75) is 12.5 Å². The van der Waals surface area contributed by atoms with Gasteiger partial charge in [0.25, 0.3) is 11.5 Å². The van der Waals surface area contributed by atoms with Gasteiger partial charge in [0.2, 0.25) is 0 Å². The number of rotatable bonds is 7. The summed E-state index contributed by atoms with van der Waals surface area (Å²) in [6, 6.07) is 10.9. The first-order valence-corrected chi connectivity index (χ1v) is 11.0. The first-order valence-electron chi connectivity index (χ1n) is 10.1. The first-order chi connectivity index (χ1) is 16.3. The lowest BCUT2D eigenvalue weighted by atomic mass is 10.1. The summed E-state index contributed by atoms with van der Waals surface area (Å²) < 4.78 is 15.0. The molecule has 4 aromatic rings. The Balaban J connectivity index is 1.72. The quantitative estimate of drug-likeness (QED) is 0.320. The van der Waals surface area contributed by atoms with E-state index in [1.165, 1.54) is 48.7 Å². The lowest BCUT2D eigenvalue weighted by Gasteiger charge is -2.16. The van der Waals surface area contributed by atoms with Crippen molar-refractivity contribution in [1.29, 1.82) is 0 Å². The van der Waals surface area contributed by atoms with Crippen LogP contribution in [0.15, 0.2) is 63.5 Å². The molecular formula is C23H19FN4O5S. The van der Waals surface area contributed by atoms with E-state index in [4.69, 9.17) is 0 Å². The van der Waals surface area contributed by atoms with Gasteiger partial charge in [-0.3, -0.25) is 14.4 Å². The maximum absolute atomic E-state index is 14.2. The van der Waals surface area contributed by atoms with Crippen molar-refractivity contribution in [3.63, 3.8) is 0 Å². The Morgan fingerprint density at radius 2 is 1.97 bits per heavy atom. The van der Waals surface area contributed by atoms with Crippen LogP contribution in [-0.4, -0.2) is 33.6 Å². The van der Waals surface area contributed by atoms with Crippen molar-refractivity contribution in [2.24, 2.45) is 0 Å². The summed E-state index contributed by atoms with van der Waals surface area (Å²) in [6.45, 7) is 0. The number of aliphatic carboxylic acids is 1. The van der Waals surface area contributed by atoms with Crippen LogP contribution in [0.25, 0.3) is 16.6 Å². The molecule has 1 amide bonds. The second kappa shape index (κ2) is 9.32. The molecule has 2 aromatic heterocycles. The molecule has 174 valence electrons. The summed E-state index contributed by atoms with van der Waals surface area (Å²) in [6.07, 6.45) is -0.310. The first kappa shape index (κ1) is 22.9. The molecule has 2 aromatic carbocycles. The zero-order valence-electron chi connectivity index (χ0n) is 17.8. The molecule has 0 spiro atoms. The van der Waals surface area contributed by atoms with Crippen LogP contribution in [-0.2, 0) is 4.79 Å². The number of aromatic nitrogens is 2. The van der Waals surface area contributed by atoms with E-state index in [2.05, 4.69) is 15.6 Å². The maximum Gasteiger partial charge on any atom is 0.333 e. The van der Waals surface area contributed by atoms with Crippen LogP contribution in [0.5, 0.6) is 0 Å². The molecule has 0 aliphatic rings. The van der Waals surface area contributed by atoms with E-state index < -0.39 is 35.0 Å². The molecule has 9 nitrogen and oxygen atoms in total. The number of benzene rings is 2. The van der Waals surface area contributed by atoms with Gasteiger partial charge in [0.15, 0.2) is 0 Å². The highest BCUT2D eigenvalue weighted by atomic mass is 32.1. The number of anilines is 1. The van der Waals surface area contributed by atoms with Gasteiger partial charge >= 0.3 is 11.7 Å². The van der Waals surface area contributed by atoms with Crippen molar-refractivity contribution in [2.75, 3.05) is 12.4 Å². The Labute approximate surface area is 195 Å². The van der Waals surface area contributed by atoms with Gasteiger partial charge in [-0.25, -0.2) is 13.8 Å². The number of halogens is 1. The van der Waals surface area contributed by atoms with Gasteiger partial charge in [-0.15, -0.1) is 11.3 Å². The van der Waals surface area contributed by atoms with Gasteiger partial charge in [-0.2, -0.15) is 0 Å². The molecular weight excluding hydrogens is 463 g/mol. The summed E-state index contributed by atoms with van der Waals surface area (Å²) >= 11 is 1.31. The summed E-state index contributed by atoms with van der Waals surface area (Å²) in [7, 11) is 1.51. The number of amides is 1. The number of H-pyrrole nitrogens is 1. The molecule has 0 fully saturated rings. The summed E-state index contributed by atoms with van der Waals surface area (Å²) in [5, 5.41) is 16.3. The van der Waals surface area contributed by atoms with E-state index in [-0.39, 0.29) is 34.3 Å². The van der Waals surface area contributed by atoms with Crippen molar-refractivity contribution in [1.82, 2.24) is 14.9 Å². The van der Waals surface area contributed by atoms with Crippen molar-refractivity contribution in [3.05, 3.63) is 91.0 Å². The molecule has 4 rings (SSSR count). The molecule has 0 aliphatic heterocycles. The highest BCUT2D eigenvalue weighted by Crippen LogP contribution is 2.23. The standard InChI is InChI=1S/C23H19FN4O5S/c1-25-17-10-16-14(9-15(17)24)22(32)28(23(33)27-16)13-5-2-4-12(8-13)21(31)26-18(11-20(29)30)19-6-3-7-34-19/h2-10,18,25H,11H2,1H3,(H,26,31)(H,27,33)(H,29,30).